The van der Waals surface area contributed by atoms with Crippen molar-refractivity contribution in [2.45, 2.75) is 18.9 Å². The number of benzene rings is 1. The second kappa shape index (κ2) is 4.90. The SMILES string of the molecule is CNCC1CC(Oc2nncc3ccccc23)C1. The van der Waals surface area contributed by atoms with Gasteiger partial charge in [0.15, 0.2) is 0 Å². The summed E-state index contributed by atoms with van der Waals surface area (Å²) in [5, 5.41) is 13.4. The first-order valence-electron chi connectivity index (χ1n) is 6.38. The Hall–Kier alpha value is -1.68. The number of hydrogen-bond donors (Lipinski definition) is 1. The molecular weight excluding hydrogens is 226 g/mol. The minimum Gasteiger partial charge on any atom is -0.473 e. The zero-order chi connectivity index (χ0) is 12.4. The Balaban J connectivity index is 1.72. The number of rotatable bonds is 4. The minimum absolute atomic E-state index is 0.295. The largest absolute Gasteiger partial charge is 0.473 e. The molecule has 94 valence electrons. The van der Waals surface area contributed by atoms with Crippen LogP contribution in [0.4, 0.5) is 0 Å². The molecule has 18 heavy (non-hydrogen) atoms. The molecule has 0 saturated heterocycles. The molecule has 1 heterocycles. The molecule has 0 aliphatic heterocycles. The quantitative estimate of drug-likeness (QED) is 0.892. The summed E-state index contributed by atoms with van der Waals surface area (Å²) < 4.78 is 5.94. The average molecular weight is 243 g/mol. The van der Waals surface area contributed by atoms with Crippen LogP contribution in [0.1, 0.15) is 12.8 Å². The van der Waals surface area contributed by atoms with Gasteiger partial charge in [-0.1, -0.05) is 18.2 Å². The first-order valence-corrected chi connectivity index (χ1v) is 6.38. The Morgan fingerprint density at radius 1 is 1.33 bits per heavy atom. The molecule has 0 radical (unpaired) electrons. The van der Waals surface area contributed by atoms with E-state index in [2.05, 4.69) is 15.5 Å². The van der Waals surface area contributed by atoms with Crippen LogP contribution in [0.2, 0.25) is 0 Å². The van der Waals surface area contributed by atoms with Crippen molar-refractivity contribution in [1.29, 1.82) is 0 Å². The van der Waals surface area contributed by atoms with Crippen LogP contribution in [0, 0.1) is 5.92 Å². The van der Waals surface area contributed by atoms with E-state index in [1.807, 2.05) is 31.3 Å². The Bertz CT molecular complexity index is 532. The van der Waals surface area contributed by atoms with Crippen molar-refractivity contribution in [2.75, 3.05) is 13.6 Å². The standard InChI is InChI=1S/C14H17N3O/c1-15-8-10-6-12(7-10)18-14-13-5-3-2-4-11(13)9-16-17-14/h2-5,9-10,12,15H,6-8H2,1H3. The summed E-state index contributed by atoms with van der Waals surface area (Å²) in [5.74, 6) is 1.41. The van der Waals surface area contributed by atoms with Crippen molar-refractivity contribution in [2.24, 2.45) is 5.92 Å². The van der Waals surface area contributed by atoms with E-state index in [9.17, 15) is 0 Å². The average Bonchev–Trinajstić information content (AvgIpc) is 2.37. The summed E-state index contributed by atoms with van der Waals surface area (Å²) in [5.41, 5.74) is 0. The maximum Gasteiger partial charge on any atom is 0.241 e. The summed E-state index contributed by atoms with van der Waals surface area (Å²) in [7, 11) is 1.99. The van der Waals surface area contributed by atoms with Gasteiger partial charge < -0.3 is 10.1 Å². The van der Waals surface area contributed by atoms with Gasteiger partial charge in [-0.3, -0.25) is 0 Å². The van der Waals surface area contributed by atoms with E-state index >= 15 is 0 Å². The van der Waals surface area contributed by atoms with E-state index < -0.39 is 0 Å². The van der Waals surface area contributed by atoms with Crippen LogP contribution in [0.25, 0.3) is 10.8 Å². The molecule has 0 unspecified atom stereocenters. The first kappa shape index (κ1) is 11.4. The number of nitrogens with zero attached hydrogens (tertiary/aromatic N) is 2. The van der Waals surface area contributed by atoms with E-state index in [0.717, 1.165) is 36.1 Å². The highest BCUT2D eigenvalue weighted by atomic mass is 16.5. The van der Waals surface area contributed by atoms with Crippen molar-refractivity contribution in [3.05, 3.63) is 30.5 Å². The lowest BCUT2D eigenvalue weighted by Gasteiger charge is -2.34. The number of hydrogen-bond acceptors (Lipinski definition) is 4. The molecule has 1 fully saturated rings. The fourth-order valence-corrected chi connectivity index (χ4v) is 2.47. The summed E-state index contributed by atoms with van der Waals surface area (Å²) in [6, 6.07) is 8.06. The van der Waals surface area contributed by atoms with E-state index in [4.69, 9.17) is 4.74 Å². The molecule has 4 nitrogen and oxygen atoms in total. The smallest absolute Gasteiger partial charge is 0.241 e. The highest BCUT2D eigenvalue weighted by Crippen LogP contribution is 2.32. The maximum absolute atomic E-state index is 5.94. The third-order valence-corrected chi connectivity index (χ3v) is 3.50. The fourth-order valence-electron chi connectivity index (χ4n) is 2.47. The van der Waals surface area contributed by atoms with Crippen LogP contribution in [-0.4, -0.2) is 29.9 Å². The molecule has 0 spiro atoms. The third kappa shape index (κ3) is 2.16. The van der Waals surface area contributed by atoms with Gasteiger partial charge in [-0.05, 0) is 38.4 Å². The molecule has 1 aliphatic rings. The van der Waals surface area contributed by atoms with Gasteiger partial charge in [-0.25, -0.2) is 0 Å². The second-order valence-corrected chi connectivity index (χ2v) is 4.87. The third-order valence-electron chi connectivity index (χ3n) is 3.50. The van der Waals surface area contributed by atoms with E-state index in [1.54, 1.807) is 6.20 Å². The molecule has 3 rings (SSSR count). The lowest BCUT2D eigenvalue weighted by molar-refractivity contribution is 0.0623. The Morgan fingerprint density at radius 2 is 2.17 bits per heavy atom. The molecule has 0 atom stereocenters. The molecule has 1 aromatic carbocycles. The number of aromatic nitrogens is 2. The molecule has 1 N–H and O–H groups in total. The first-order chi connectivity index (χ1) is 8.86. The van der Waals surface area contributed by atoms with Gasteiger partial charge in [0, 0.05) is 10.8 Å². The highest BCUT2D eigenvalue weighted by Gasteiger charge is 2.30. The van der Waals surface area contributed by atoms with E-state index in [1.165, 1.54) is 0 Å². The second-order valence-electron chi connectivity index (χ2n) is 4.87. The van der Waals surface area contributed by atoms with Gasteiger partial charge >= 0.3 is 0 Å². The summed E-state index contributed by atoms with van der Waals surface area (Å²) in [6.45, 7) is 1.07. The van der Waals surface area contributed by atoms with Crippen LogP contribution in [-0.2, 0) is 0 Å². The van der Waals surface area contributed by atoms with Crippen molar-refractivity contribution in [3.8, 4) is 5.88 Å². The van der Waals surface area contributed by atoms with E-state index in [0.29, 0.717) is 12.0 Å². The molecule has 0 bridgehead atoms. The number of ether oxygens (including phenoxy) is 1. The molecule has 1 aliphatic carbocycles. The van der Waals surface area contributed by atoms with Crippen molar-refractivity contribution in [1.82, 2.24) is 15.5 Å². The zero-order valence-corrected chi connectivity index (χ0v) is 10.5. The molecule has 4 heteroatoms. The molecule has 0 amide bonds. The Labute approximate surface area is 106 Å². The zero-order valence-electron chi connectivity index (χ0n) is 10.5. The van der Waals surface area contributed by atoms with Crippen LogP contribution in [0.5, 0.6) is 5.88 Å². The Morgan fingerprint density at radius 3 is 3.00 bits per heavy atom. The lowest BCUT2D eigenvalue weighted by Crippen LogP contribution is -2.38. The lowest BCUT2D eigenvalue weighted by atomic mass is 9.82. The van der Waals surface area contributed by atoms with Crippen LogP contribution in [0.15, 0.2) is 30.5 Å². The van der Waals surface area contributed by atoms with Gasteiger partial charge in [-0.2, -0.15) is 5.10 Å². The van der Waals surface area contributed by atoms with Gasteiger partial charge in [-0.15, -0.1) is 5.10 Å². The monoisotopic (exact) mass is 243 g/mol. The predicted molar refractivity (Wildman–Crippen MR) is 70.6 cm³/mol. The number of fused-ring (bicyclic) bond motifs is 1. The minimum atomic E-state index is 0.295. The van der Waals surface area contributed by atoms with Crippen molar-refractivity contribution < 1.29 is 4.74 Å². The predicted octanol–water partition coefficient (Wildman–Crippen LogP) is 2.01. The Kier molecular flexibility index (Phi) is 3.11. The van der Waals surface area contributed by atoms with Crippen LogP contribution >= 0.6 is 0 Å². The van der Waals surface area contributed by atoms with Crippen molar-refractivity contribution >= 4 is 10.8 Å². The van der Waals surface area contributed by atoms with Crippen LogP contribution < -0.4 is 10.1 Å². The maximum atomic E-state index is 5.94. The molecule has 1 saturated carbocycles. The topological polar surface area (TPSA) is 47.0 Å². The highest BCUT2D eigenvalue weighted by molar-refractivity contribution is 5.85. The molecule has 2 aromatic rings. The summed E-state index contributed by atoms with van der Waals surface area (Å²) in [6.07, 6.45) is 4.27. The normalized spacial score (nSPS) is 22.7. The van der Waals surface area contributed by atoms with Gasteiger partial charge in [0.1, 0.15) is 6.10 Å². The van der Waals surface area contributed by atoms with Gasteiger partial charge in [0.05, 0.1) is 6.20 Å². The molecule has 1 aromatic heterocycles. The van der Waals surface area contributed by atoms with Gasteiger partial charge in [0.2, 0.25) is 5.88 Å². The summed E-state index contributed by atoms with van der Waals surface area (Å²) >= 11 is 0. The van der Waals surface area contributed by atoms with E-state index in [-0.39, 0.29) is 0 Å². The number of nitrogens with one attached hydrogen (secondary N) is 1. The van der Waals surface area contributed by atoms with Gasteiger partial charge in [0.25, 0.3) is 0 Å². The summed E-state index contributed by atoms with van der Waals surface area (Å²) in [4.78, 5) is 0. The van der Waals surface area contributed by atoms with Crippen LogP contribution in [0.3, 0.4) is 0 Å². The fraction of sp³-hybridized carbons (Fsp3) is 0.429. The van der Waals surface area contributed by atoms with Crippen molar-refractivity contribution in [3.63, 3.8) is 0 Å². The molecular formula is C14H17N3O.